The molecule has 1 amide bonds. The molecule has 0 aliphatic carbocycles. The first kappa shape index (κ1) is 14.7. The summed E-state index contributed by atoms with van der Waals surface area (Å²) in [6.45, 7) is 3.63. The van der Waals surface area contributed by atoms with Crippen molar-refractivity contribution in [2.45, 2.75) is 6.04 Å². The van der Waals surface area contributed by atoms with Gasteiger partial charge in [-0.3, -0.25) is 9.69 Å². The number of hydrazine groups is 1. The predicted molar refractivity (Wildman–Crippen MR) is 78.3 cm³/mol. The van der Waals surface area contributed by atoms with Gasteiger partial charge in [0.25, 0.3) is 5.91 Å². The van der Waals surface area contributed by atoms with Gasteiger partial charge in [-0.2, -0.15) is 0 Å². The molecule has 7 heteroatoms. The Balaban J connectivity index is 1.94. The quantitative estimate of drug-likeness (QED) is 0.501. The minimum atomic E-state index is -0.160. The van der Waals surface area contributed by atoms with Gasteiger partial charge in [0.15, 0.2) is 5.82 Å². The third kappa shape index (κ3) is 3.44. The van der Waals surface area contributed by atoms with E-state index in [9.17, 15) is 4.79 Å². The minimum Gasteiger partial charge on any atom is -0.350 e. The van der Waals surface area contributed by atoms with Gasteiger partial charge in [0.2, 0.25) is 0 Å². The molecule has 110 valence electrons. The van der Waals surface area contributed by atoms with Gasteiger partial charge in [0.05, 0.1) is 5.56 Å². The highest BCUT2D eigenvalue weighted by Gasteiger charge is 2.23. The van der Waals surface area contributed by atoms with Crippen LogP contribution in [0.25, 0.3) is 0 Å². The molecule has 1 saturated heterocycles. The molecule has 1 aromatic heterocycles. The van der Waals surface area contributed by atoms with Crippen molar-refractivity contribution >= 4 is 11.7 Å². The third-order valence-corrected chi connectivity index (χ3v) is 3.67. The average molecular weight is 278 g/mol. The van der Waals surface area contributed by atoms with Crippen LogP contribution >= 0.6 is 0 Å². The zero-order valence-electron chi connectivity index (χ0n) is 12.0. The molecular weight excluding hydrogens is 256 g/mol. The molecule has 0 aromatic carbocycles. The summed E-state index contributed by atoms with van der Waals surface area (Å²) < 4.78 is 0. The number of hydrogen-bond donors (Lipinski definition) is 3. The summed E-state index contributed by atoms with van der Waals surface area (Å²) in [6, 6.07) is 3.74. The number of nitrogens with zero attached hydrogens (tertiary/aromatic N) is 3. The lowest BCUT2D eigenvalue weighted by Crippen LogP contribution is -2.54. The van der Waals surface area contributed by atoms with E-state index in [4.69, 9.17) is 5.84 Å². The Hall–Kier alpha value is -1.70. The molecule has 7 nitrogen and oxygen atoms in total. The van der Waals surface area contributed by atoms with Crippen LogP contribution in [-0.2, 0) is 0 Å². The molecule has 1 aliphatic heterocycles. The molecule has 1 aliphatic rings. The summed E-state index contributed by atoms with van der Waals surface area (Å²) in [6.07, 6.45) is 1.59. The van der Waals surface area contributed by atoms with E-state index in [1.807, 2.05) is 0 Å². The SMILES string of the molecule is CN1CCN(C)C(CNC(=O)c2cccnc2NN)C1. The second kappa shape index (κ2) is 6.65. The Morgan fingerprint density at radius 3 is 3.05 bits per heavy atom. The number of likely N-dealkylation sites (N-methyl/N-ethyl adjacent to an activating group) is 2. The molecule has 1 atom stereocenters. The van der Waals surface area contributed by atoms with Crippen LogP contribution in [0.4, 0.5) is 5.82 Å². The largest absolute Gasteiger partial charge is 0.350 e. The van der Waals surface area contributed by atoms with Crippen molar-refractivity contribution in [2.75, 3.05) is 45.7 Å². The Kier molecular flexibility index (Phi) is 4.89. The summed E-state index contributed by atoms with van der Waals surface area (Å²) in [7, 11) is 4.18. The maximum absolute atomic E-state index is 12.2. The van der Waals surface area contributed by atoms with Gasteiger partial charge in [-0.1, -0.05) is 0 Å². The maximum Gasteiger partial charge on any atom is 0.255 e. The molecule has 0 saturated carbocycles. The molecule has 1 unspecified atom stereocenters. The van der Waals surface area contributed by atoms with Crippen molar-refractivity contribution in [2.24, 2.45) is 5.84 Å². The number of piperazine rings is 1. The second-order valence-corrected chi connectivity index (χ2v) is 5.15. The molecule has 2 rings (SSSR count). The summed E-state index contributed by atoms with van der Waals surface area (Å²) in [5, 5.41) is 2.95. The summed E-state index contributed by atoms with van der Waals surface area (Å²) in [5.74, 6) is 5.59. The highest BCUT2D eigenvalue weighted by molar-refractivity contribution is 5.98. The Labute approximate surface area is 119 Å². The monoisotopic (exact) mass is 278 g/mol. The van der Waals surface area contributed by atoms with Crippen LogP contribution in [0.15, 0.2) is 18.3 Å². The van der Waals surface area contributed by atoms with E-state index in [1.165, 1.54) is 0 Å². The van der Waals surface area contributed by atoms with Gasteiger partial charge in [-0.15, -0.1) is 0 Å². The molecule has 0 radical (unpaired) electrons. The molecule has 1 fully saturated rings. The van der Waals surface area contributed by atoms with Crippen LogP contribution < -0.4 is 16.6 Å². The van der Waals surface area contributed by atoms with Crippen molar-refractivity contribution in [1.29, 1.82) is 0 Å². The van der Waals surface area contributed by atoms with E-state index < -0.39 is 0 Å². The molecule has 2 heterocycles. The Bertz CT molecular complexity index is 466. The van der Waals surface area contributed by atoms with Crippen molar-refractivity contribution in [1.82, 2.24) is 20.1 Å². The lowest BCUT2D eigenvalue weighted by Gasteiger charge is -2.37. The van der Waals surface area contributed by atoms with Crippen LogP contribution in [0.3, 0.4) is 0 Å². The molecule has 0 spiro atoms. The minimum absolute atomic E-state index is 0.160. The number of hydrogen-bond acceptors (Lipinski definition) is 6. The fraction of sp³-hybridized carbons (Fsp3) is 0.538. The first-order valence-electron chi connectivity index (χ1n) is 6.70. The fourth-order valence-electron chi connectivity index (χ4n) is 2.33. The van der Waals surface area contributed by atoms with E-state index >= 15 is 0 Å². The van der Waals surface area contributed by atoms with Crippen LogP contribution in [0.1, 0.15) is 10.4 Å². The maximum atomic E-state index is 12.2. The zero-order valence-corrected chi connectivity index (χ0v) is 12.0. The van der Waals surface area contributed by atoms with Crippen LogP contribution in [0.5, 0.6) is 0 Å². The highest BCUT2D eigenvalue weighted by atomic mass is 16.1. The Morgan fingerprint density at radius 2 is 2.30 bits per heavy atom. The third-order valence-electron chi connectivity index (χ3n) is 3.67. The summed E-state index contributed by atoms with van der Waals surface area (Å²) in [5.41, 5.74) is 2.90. The topological polar surface area (TPSA) is 86.5 Å². The number of rotatable bonds is 4. The number of nitrogen functional groups attached to an aromatic ring is 1. The number of carbonyl (C=O) groups excluding carboxylic acids is 1. The van der Waals surface area contributed by atoms with Crippen molar-refractivity contribution in [3.05, 3.63) is 23.9 Å². The van der Waals surface area contributed by atoms with Crippen LogP contribution in [0.2, 0.25) is 0 Å². The molecule has 1 aromatic rings. The van der Waals surface area contributed by atoms with Crippen molar-refractivity contribution in [3.8, 4) is 0 Å². The number of nitrogens with two attached hydrogens (primary N) is 1. The van der Waals surface area contributed by atoms with Gasteiger partial charge in [0.1, 0.15) is 0 Å². The number of carbonyl (C=O) groups is 1. The number of amides is 1. The first-order valence-corrected chi connectivity index (χ1v) is 6.70. The summed E-state index contributed by atoms with van der Waals surface area (Å²) in [4.78, 5) is 20.7. The first-order chi connectivity index (χ1) is 9.61. The second-order valence-electron chi connectivity index (χ2n) is 5.15. The van der Waals surface area contributed by atoms with Crippen molar-refractivity contribution in [3.63, 3.8) is 0 Å². The molecule has 20 heavy (non-hydrogen) atoms. The highest BCUT2D eigenvalue weighted by Crippen LogP contribution is 2.10. The Morgan fingerprint density at radius 1 is 1.50 bits per heavy atom. The van der Waals surface area contributed by atoms with Gasteiger partial charge in [0, 0.05) is 38.4 Å². The van der Waals surface area contributed by atoms with E-state index in [0.29, 0.717) is 24.0 Å². The van der Waals surface area contributed by atoms with E-state index in [1.54, 1.807) is 18.3 Å². The van der Waals surface area contributed by atoms with Crippen molar-refractivity contribution < 1.29 is 4.79 Å². The smallest absolute Gasteiger partial charge is 0.255 e. The fourth-order valence-corrected chi connectivity index (χ4v) is 2.33. The molecular formula is C13H22N6O. The zero-order chi connectivity index (χ0) is 14.5. The molecule has 0 bridgehead atoms. The number of aromatic nitrogens is 1. The van der Waals surface area contributed by atoms with Crippen LogP contribution in [0, 0.1) is 0 Å². The number of pyridine rings is 1. The number of anilines is 1. The van der Waals surface area contributed by atoms with E-state index in [0.717, 1.165) is 19.6 Å². The van der Waals surface area contributed by atoms with Gasteiger partial charge < -0.3 is 15.6 Å². The normalized spacial score (nSPS) is 20.6. The van der Waals surface area contributed by atoms with Gasteiger partial charge >= 0.3 is 0 Å². The lowest BCUT2D eigenvalue weighted by atomic mass is 10.1. The van der Waals surface area contributed by atoms with Gasteiger partial charge in [-0.25, -0.2) is 10.8 Å². The van der Waals surface area contributed by atoms with Crippen LogP contribution in [-0.4, -0.2) is 67.0 Å². The number of nitrogens with one attached hydrogen (secondary N) is 2. The molecule has 4 N–H and O–H groups in total. The predicted octanol–water partition coefficient (Wildman–Crippen LogP) is -0.657. The average Bonchev–Trinajstić information content (AvgIpc) is 2.47. The van der Waals surface area contributed by atoms with E-state index in [2.05, 4.69) is 39.6 Å². The summed E-state index contributed by atoms with van der Waals surface area (Å²) >= 11 is 0. The lowest BCUT2D eigenvalue weighted by molar-refractivity contribution is 0.0881. The standard InChI is InChI=1S/C13H22N6O/c1-18-6-7-19(2)10(9-18)8-16-13(20)11-4-3-5-15-12(11)17-14/h3-5,10H,6-9,14H2,1-2H3,(H,15,17)(H,16,20). The van der Waals surface area contributed by atoms with E-state index in [-0.39, 0.29) is 5.91 Å². The van der Waals surface area contributed by atoms with Gasteiger partial charge in [-0.05, 0) is 26.2 Å².